The zero-order chi connectivity index (χ0) is 12.3. The second-order valence-electron chi connectivity index (χ2n) is 4.35. The van der Waals surface area contributed by atoms with Gasteiger partial charge in [-0.1, -0.05) is 0 Å². The maximum atomic E-state index is 12.1. The van der Waals surface area contributed by atoms with E-state index in [-0.39, 0.29) is 29.6 Å². The predicted octanol–water partition coefficient (Wildman–Crippen LogP) is 2.57. The Bertz CT molecular complexity index is 387. The molecule has 0 aromatic carbocycles. The fourth-order valence-corrected chi connectivity index (χ4v) is 2.30. The SMILES string of the molecule is CN(C(=O)c1ccc(Cl)o1)C1CCCNCC1.Cl. The summed E-state index contributed by atoms with van der Waals surface area (Å²) in [5, 5.41) is 3.59. The average Bonchev–Trinajstić information content (AvgIpc) is 2.60. The van der Waals surface area contributed by atoms with Crippen LogP contribution in [0.3, 0.4) is 0 Å². The summed E-state index contributed by atoms with van der Waals surface area (Å²) in [7, 11) is 1.83. The van der Waals surface area contributed by atoms with E-state index in [1.54, 1.807) is 17.0 Å². The number of furan rings is 1. The van der Waals surface area contributed by atoms with Crippen LogP contribution in [-0.2, 0) is 0 Å². The summed E-state index contributed by atoms with van der Waals surface area (Å²) in [5.74, 6) is 0.221. The molecule has 18 heavy (non-hydrogen) atoms. The van der Waals surface area contributed by atoms with E-state index in [2.05, 4.69) is 5.32 Å². The fourth-order valence-electron chi connectivity index (χ4n) is 2.16. The van der Waals surface area contributed by atoms with Gasteiger partial charge >= 0.3 is 0 Å². The number of halogens is 2. The molecule has 1 amide bonds. The lowest BCUT2D eigenvalue weighted by molar-refractivity contribution is 0.0688. The summed E-state index contributed by atoms with van der Waals surface area (Å²) in [5.41, 5.74) is 0. The molecule has 0 radical (unpaired) electrons. The molecule has 2 rings (SSSR count). The van der Waals surface area contributed by atoms with Crippen LogP contribution in [0.5, 0.6) is 0 Å². The van der Waals surface area contributed by atoms with Crippen molar-refractivity contribution in [1.29, 1.82) is 0 Å². The largest absolute Gasteiger partial charge is 0.440 e. The summed E-state index contributed by atoms with van der Waals surface area (Å²) >= 11 is 5.67. The Morgan fingerprint density at radius 1 is 1.44 bits per heavy atom. The molecule has 1 atom stereocenters. The number of carbonyl (C=O) groups excluding carboxylic acids is 1. The molecule has 1 fully saturated rings. The van der Waals surface area contributed by atoms with E-state index < -0.39 is 0 Å². The number of nitrogens with one attached hydrogen (secondary N) is 1. The van der Waals surface area contributed by atoms with Crippen molar-refractivity contribution < 1.29 is 9.21 Å². The first kappa shape index (κ1) is 15.3. The highest BCUT2D eigenvalue weighted by Gasteiger charge is 2.23. The van der Waals surface area contributed by atoms with E-state index in [1.165, 1.54) is 0 Å². The lowest BCUT2D eigenvalue weighted by Gasteiger charge is -2.26. The van der Waals surface area contributed by atoms with Crippen molar-refractivity contribution in [3.63, 3.8) is 0 Å². The van der Waals surface area contributed by atoms with E-state index in [1.807, 2.05) is 7.05 Å². The van der Waals surface area contributed by atoms with Crippen molar-refractivity contribution in [3.05, 3.63) is 23.1 Å². The van der Waals surface area contributed by atoms with Crippen LogP contribution in [0.1, 0.15) is 29.8 Å². The van der Waals surface area contributed by atoms with Gasteiger partial charge < -0.3 is 14.6 Å². The topological polar surface area (TPSA) is 45.5 Å². The van der Waals surface area contributed by atoms with Crippen molar-refractivity contribution in [3.8, 4) is 0 Å². The van der Waals surface area contributed by atoms with Gasteiger partial charge in [0.1, 0.15) is 0 Å². The van der Waals surface area contributed by atoms with E-state index in [0.29, 0.717) is 5.76 Å². The van der Waals surface area contributed by atoms with E-state index >= 15 is 0 Å². The molecule has 1 unspecified atom stereocenters. The molecule has 0 saturated carbocycles. The molecule has 1 aromatic rings. The Labute approximate surface area is 118 Å². The minimum atomic E-state index is -0.0937. The highest BCUT2D eigenvalue weighted by molar-refractivity contribution is 6.29. The first-order valence-corrected chi connectivity index (χ1v) is 6.29. The number of nitrogens with zero attached hydrogens (tertiary/aromatic N) is 1. The minimum Gasteiger partial charge on any atom is -0.440 e. The molecule has 1 aliphatic heterocycles. The monoisotopic (exact) mass is 292 g/mol. The van der Waals surface area contributed by atoms with Crippen molar-refractivity contribution in [1.82, 2.24) is 10.2 Å². The zero-order valence-electron chi connectivity index (χ0n) is 10.3. The van der Waals surface area contributed by atoms with Crippen LogP contribution in [0.15, 0.2) is 16.5 Å². The van der Waals surface area contributed by atoms with Gasteiger partial charge in [0, 0.05) is 13.1 Å². The highest BCUT2D eigenvalue weighted by atomic mass is 35.5. The van der Waals surface area contributed by atoms with Crippen LogP contribution >= 0.6 is 24.0 Å². The second kappa shape index (κ2) is 7.02. The molecule has 0 aliphatic carbocycles. The third-order valence-electron chi connectivity index (χ3n) is 3.20. The van der Waals surface area contributed by atoms with Crippen LogP contribution < -0.4 is 5.32 Å². The van der Waals surface area contributed by atoms with Crippen molar-refractivity contribution in [2.24, 2.45) is 0 Å². The molecule has 6 heteroatoms. The molecule has 1 aliphatic rings. The Morgan fingerprint density at radius 2 is 2.22 bits per heavy atom. The van der Waals surface area contributed by atoms with E-state index in [4.69, 9.17) is 16.0 Å². The number of hydrogen-bond acceptors (Lipinski definition) is 3. The van der Waals surface area contributed by atoms with Crippen molar-refractivity contribution in [2.45, 2.75) is 25.3 Å². The van der Waals surface area contributed by atoms with E-state index in [9.17, 15) is 4.79 Å². The van der Waals surface area contributed by atoms with Gasteiger partial charge in [0.15, 0.2) is 11.0 Å². The molecule has 1 aromatic heterocycles. The summed E-state index contributed by atoms with van der Waals surface area (Å²) in [6.07, 6.45) is 3.11. The van der Waals surface area contributed by atoms with Crippen LogP contribution in [0.2, 0.25) is 5.22 Å². The van der Waals surface area contributed by atoms with Crippen LogP contribution in [0.25, 0.3) is 0 Å². The van der Waals surface area contributed by atoms with Gasteiger partial charge in [-0.3, -0.25) is 4.79 Å². The molecule has 2 heterocycles. The summed E-state index contributed by atoms with van der Waals surface area (Å²) < 4.78 is 5.15. The maximum absolute atomic E-state index is 12.1. The van der Waals surface area contributed by atoms with Crippen LogP contribution in [0.4, 0.5) is 0 Å². The number of carbonyl (C=O) groups is 1. The molecule has 4 nitrogen and oxygen atoms in total. The Balaban J connectivity index is 0.00000162. The first-order chi connectivity index (χ1) is 8.18. The quantitative estimate of drug-likeness (QED) is 0.911. The lowest BCUT2D eigenvalue weighted by Crippen LogP contribution is -2.37. The summed E-state index contributed by atoms with van der Waals surface area (Å²) in [4.78, 5) is 13.9. The van der Waals surface area contributed by atoms with Gasteiger partial charge in [-0.05, 0) is 56.1 Å². The third-order valence-corrected chi connectivity index (χ3v) is 3.40. The number of rotatable bonds is 2. The number of amides is 1. The van der Waals surface area contributed by atoms with Gasteiger partial charge in [0.2, 0.25) is 0 Å². The van der Waals surface area contributed by atoms with Crippen molar-refractivity contribution in [2.75, 3.05) is 20.1 Å². The van der Waals surface area contributed by atoms with Crippen LogP contribution in [-0.4, -0.2) is 37.0 Å². The Morgan fingerprint density at radius 3 is 2.89 bits per heavy atom. The van der Waals surface area contributed by atoms with Gasteiger partial charge in [-0.2, -0.15) is 0 Å². The minimum absolute atomic E-state index is 0. The van der Waals surface area contributed by atoms with E-state index in [0.717, 1.165) is 32.4 Å². The van der Waals surface area contributed by atoms with Gasteiger partial charge in [-0.25, -0.2) is 0 Å². The second-order valence-corrected chi connectivity index (χ2v) is 4.73. The standard InChI is InChI=1S/C12H17ClN2O2.ClH/c1-15(9-3-2-7-14-8-6-9)12(16)10-4-5-11(13)17-10;/h4-5,9,14H,2-3,6-8H2,1H3;1H. The molecule has 1 saturated heterocycles. The molecular formula is C12H18Cl2N2O2. The summed E-state index contributed by atoms with van der Waals surface area (Å²) in [6.45, 7) is 1.99. The maximum Gasteiger partial charge on any atom is 0.289 e. The Hall–Kier alpha value is -0.710. The fraction of sp³-hybridized carbons (Fsp3) is 0.583. The molecule has 1 N–H and O–H groups in total. The molecular weight excluding hydrogens is 275 g/mol. The molecule has 0 spiro atoms. The average molecular weight is 293 g/mol. The lowest BCUT2D eigenvalue weighted by atomic mass is 10.1. The van der Waals surface area contributed by atoms with Crippen molar-refractivity contribution >= 4 is 29.9 Å². The van der Waals surface area contributed by atoms with Crippen LogP contribution in [0, 0.1) is 0 Å². The smallest absolute Gasteiger partial charge is 0.289 e. The predicted molar refractivity (Wildman–Crippen MR) is 73.6 cm³/mol. The normalized spacial score (nSPS) is 19.8. The molecule has 102 valence electrons. The zero-order valence-corrected chi connectivity index (χ0v) is 11.9. The van der Waals surface area contributed by atoms with Gasteiger partial charge in [-0.15, -0.1) is 12.4 Å². The number of hydrogen-bond donors (Lipinski definition) is 1. The summed E-state index contributed by atoms with van der Waals surface area (Å²) in [6, 6.07) is 3.49. The van der Waals surface area contributed by atoms with Gasteiger partial charge in [0.25, 0.3) is 5.91 Å². The third kappa shape index (κ3) is 3.64. The van der Waals surface area contributed by atoms with Gasteiger partial charge in [0.05, 0.1) is 0 Å². The first-order valence-electron chi connectivity index (χ1n) is 5.91. The highest BCUT2D eigenvalue weighted by Crippen LogP contribution is 2.18. The molecule has 0 bridgehead atoms. The Kier molecular flexibility index (Phi) is 5.99.